The Balaban J connectivity index is 2.05. The molecule has 26 heavy (non-hydrogen) atoms. The van der Waals surface area contributed by atoms with Crippen LogP contribution in [0.5, 0.6) is 0 Å². The van der Waals surface area contributed by atoms with Crippen LogP contribution < -0.4 is 0 Å². The number of carbonyl (C=O) groups is 2. The fourth-order valence-corrected chi connectivity index (χ4v) is 3.98. The lowest BCUT2D eigenvalue weighted by Crippen LogP contribution is -2.40. The number of aliphatic imine (C=N–C) groups is 1. The van der Waals surface area contributed by atoms with Crippen molar-refractivity contribution >= 4 is 28.8 Å². The second kappa shape index (κ2) is 7.59. The van der Waals surface area contributed by atoms with Crippen LogP contribution in [-0.4, -0.2) is 47.5 Å². The van der Waals surface area contributed by atoms with E-state index in [1.54, 1.807) is 26.0 Å². The minimum absolute atomic E-state index is 0.0810. The van der Waals surface area contributed by atoms with Gasteiger partial charge >= 0.3 is 5.97 Å². The number of esters is 1. The third-order valence-corrected chi connectivity index (χ3v) is 5.22. The van der Waals surface area contributed by atoms with Crippen LogP contribution in [0.15, 0.2) is 40.5 Å². The molecular weight excluding hydrogens is 359 g/mol. The molecule has 0 N–H and O–H groups in total. The zero-order chi connectivity index (χ0) is 18.8. The SMILES string of the molecule is COCCOC(=O)C1=C(C)N=C2S[C@@H](C)C(=O)N2[C@H]1c1cccc(F)c1. The first kappa shape index (κ1) is 18.6. The van der Waals surface area contributed by atoms with Crippen molar-refractivity contribution in [2.45, 2.75) is 25.1 Å². The Bertz CT molecular complexity index is 808. The number of hydrogen-bond acceptors (Lipinski definition) is 6. The summed E-state index contributed by atoms with van der Waals surface area (Å²) in [4.78, 5) is 31.2. The Labute approximate surface area is 155 Å². The van der Waals surface area contributed by atoms with Gasteiger partial charge in [0, 0.05) is 7.11 Å². The van der Waals surface area contributed by atoms with E-state index < -0.39 is 17.8 Å². The molecule has 0 spiro atoms. The highest BCUT2D eigenvalue weighted by Gasteiger charge is 2.46. The molecule has 0 aromatic heterocycles. The van der Waals surface area contributed by atoms with Gasteiger partial charge in [0.1, 0.15) is 12.4 Å². The molecule has 0 radical (unpaired) electrons. The molecule has 1 saturated heterocycles. The summed E-state index contributed by atoms with van der Waals surface area (Å²) in [5.74, 6) is -1.20. The van der Waals surface area contributed by atoms with Gasteiger partial charge in [0.15, 0.2) is 5.17 Å². The average molecular weight is 378 g/mol. The van der Waals surface area contributed by atoms with Gasteiger partial charge in [-0.25, -0.2) is 14.2 Å². The molecule has 6 nitrogen and oxygen atoms in total. The second-order valence-corrected chi connectivity index (χ2v) is 7.26. The Morgan fingerprint density at radius 2 is 2.15 bits per heavy atom. The topological polar surface area (TPSA) is 68.2 Å². The highest BCUT2D eigenvalue weighted by atomic mass is 32.2. The number of halogens is 1. The van der Waals surface area contributed by atoms with E-state index in [4.69, 9.17) is 9.47 Å². The number of thioether (sulfide) groups is 1. The van der Waals surface area contributed by atoms with Crippen molar-refractivity contribution in [1.29, 1.82) is 0 Å². The summed E-state index contributed by atoms with van der Waals surface area (Å²) in [6, 6.07) is 5.12. The van der Waals surface area contributed by atoms with Crippen molar-refractivity contribution in [3.63, 3.8) is 0 Å². The smallest absolute Gasteiger partial charge is 0.338 e. The molecule has 2 heterocycles. The van der Waals surface area contributed by atoms with Crippen LogP contribution >= 0.6 is 11.8 Å². The molecule has 0 saturated carbocycles. The van der Waals surface area contributed by atoms with Crippen molar-refractivity contribution < 1.29 is 23.5 Å². The van der Waals surface area contributed by atoms with E-state index in [-0.39, 0.29) is 29.9 Å². The van der Waals surface area contributed by atoms with Crippen molar-refractivity contribution in [2.24, 2.45) is 4.99 Å². The third kappa shape index (κ3) is 3.39. The maximum absolute atomic E-state index is 13.8. The largest absolute Gasteiger partial charge is 0.460 e. The van der Waals surface area contributed by atoms with Crippen LogP contribution in [0.3, 0.4) is 0 Å². The predicted molar refractivity (Wildman–Crippen MR) is 96.0 cm³/mol. The molecule has 3 rings (SSSR count). The number of hydrogen-bond donors (Lipinski definition) is 0. The van der Waals surface area contributed by atoms with E-state index in [0.717, 1.165) is 0 Å². The van der Waals surface area contributed by atoms with Crippen molar-refractivity contribution in [3.05, 3.63) is 46.9 Å². The molecule has 1 aromatic carbocycles. The second-order valence-electron chi connectivity index (χ2n) is 5.95. The van der Waals surface area contributed by atoms with Gasteiger partial charge in [-0.1, -0.05) is 23.9 Å². The summed E-state index contributed by atoms with van der Waals surface area (Å²) in [6.07, 6.45) is 0. The summed E-state index contributed by atoms with van der Waals surface area (Å²) in [7, 11) is 1.51. The van der Waals surface area contributed by atoms with E-state index in [9.17, 15) is 14.0 Å². The number of amidine groups is 1. The van der Waals surface area contributed by atoms with E-state index in [1.165, 1.54) is 35.9 Å². The summed E-state index contributed by atoms with van der Waals surface area (Å²) in [6.45, 7) is 3.81. The van der Waals surface area contributed by atoms with Crippen molar-refractivity contribution in [3.8, 4) is 0 Å². The number of benzene rings is 1. The van der Waals surface area contributed by atoms with Gasteiger partial charge in [0.2, 0.25) is 5.91 Å². The molecule has 2 aliphatic rings. The number of ether oxygens (including phenoxy) is 2. The third-order valence-electron chi connectivity index (χ3n) is 4.16. The number of carbonyl (C=O) groups excluding carboxylic acids is 2. The van der Waals surface area contributed by atoms with Crippen LogP contribution in [0.25, 0.3) is 0 Å². The fraction of sp³-hybridized carbons (Fsp3) is 0.389. The van der Waals surface area contributed by atoms with Crippen LogP contribution in [0.2, 0.25) is 0 Å². The van der Waals surface area contributed by atoms with Crippen LogP contribution in [0, 0.1) is 5.82 Å². The molecule has 1 amide bonds. The Hall–Kier alpha value is -2.19. The lowest BCUT2D eigenvalue weighted by atomic mass is 9.94. The Kier molecular flexibility index (Phi) is 5.43. The van der Waals surface area contributed by atoms with Crippen LogP contribution in [0.4, 0.5) is 4.39 Å². The first-order chi connectivity index (χ1) is 12.4. The lowest BCUT2D eigenvalue weighted by Gasteiger charge is -2.33. The molecule has 1 aromatic rings. The zero-order valence-corrected chi connectivity index (χ0v) is 15.5. The quantitative estimate of drug-likeness (QED) is 0.582. The highest BCUT2D eigenvalue weighted by molar-refractivity contribution is 8.15. The summed E-state index contributed by atoms with van der Waals surface area (Å²) < 4.78 is 24.0. The first-order valence-electron chi connectivity index (χ1n) is 8.14. The summed E-state index contributed by atoms with van der Waals surface area (Å²) >= 11 is 1.33. The number of allylic oxidation sites excluding steroid dienone is 1. The van der Waals surface area contributed by atoms with Gasteiger partial charge in [-0.3, -0.25) is 9.69 Å². The molecule has 8 heteroatoms. The predicted octanol–water partition coefficient (Wildman–Crippen LogP) is 2.66. The minimum atomic E-state index is -0.766. The summed E-state index contributed by atoms with van der Waals surface area (Å²) in [5, 5.41) is 0.198. The zero-order valence-electron chi connectivity index (χ0n) is 14.7. The van der Waals surface area contributed by atoms with E-state index in [0.29, 0.717) is 16.4 Å². The van der Waals surface area contributed by atoms with Crippen molar-refractivity contribution in [1.82, 2.24) is 4.90 Å². The number of rotatable bonds is 5. The van der Waals surface area contributed by atoms with Crippen LogP contribution in [0.1, 0.15) is 25.5 Å². The number of amides is 1. The standard InChI is InChI=1S/C18H19FN2O4S/c1-10-14(17(23)25-8-7-24-3)15(12-5-4-6-13(19)9-12)21-16(22)11(2)26-18(21)20-10/h4-6,9,11,15H,7-8H2,1-3H3/t11-,15-/m0/s1. The molecule has 0 bridgehead atoms. The maximum Gasteiger partial charge on any atom is 0.338 e. The van der Waals surface area contributed by atoms with Gasteiger partial charge < -0.3 is 9.47 Å². The monoisotopic (exact) mass is 378 g/mol. The van der Waals surface area contributed by atoms with Gasteiger partial charge in [0.25, 0.3) is 0 Å². The highest BCUT2D eigenvalue weighted by Crippen LogP contribution is 2.43. The number of nitrogens with zero attached hydrogens (tertiary/aromatic N) is 2. The van der Waals surface area contributed by atoms with Gasteiger partial charge in [-0.15, -0.1) is 0 Å². The molecule has 1 fully saturated rings. The van der Waals surface area contributed by atoms with E-state index in [1.807, 2.05) is 0 Å². The van der Waals surface area contributed by atoms with E-state index >= 15 is 0 Å². The van der Waals surface area contributed by atoms with Gasteiger partial charge in [-0.2, -0.15) is 0 Å². The Morgan fingerprint density at radius 3 is 2.85 bits per heavy atom. The normalized spacial score (nSPS) is 22.4. The van der Waals surface area contributed by atoms with Gasteiger partial charge in [-0.05, 0) is 31.5 Å². The lowest BCUT2D eigenvalue weighted by molar-refractivity contribution is -0.141. The summed E-state index contributed by atoms with van der Waals surface area (Å²) in [5.41, 5.74) is 1.19. The molecule has 138 valence electrons. The molecule has 0 aliphatic carbocycles. The van der Waals surface area contributed by atoms with Crippen molar-refractivity contribution in [2.75, 3.05) is 20.3 Å². The minimum Gasteiger partial charge on any atom is -0.460 e. The fourth-order valence-electron chi connectivity index (χ4n) is 2.95. The van der Waals surface area contributed by atoms with Crippen LogP contribution in [-0.2, 0) is 19.1 Å². The molecule has 0 unspecified atom stereocenters. The number of methoxy groups -OCH3 is 1. The maximum atomic E-state index is 13.8. The Morgan fingerprint density at radius 1 is 1.38 bits per heavy atom. The molecule has 2 atom stereocenters. The molecule has 2 aliphatic heterocycles. The average Bonchev–Trinajstić information content (AvgIpc) is 2.87. The molecular formula is C18H19FN2O4S. The van der Waals surface area contributed by atoms with E-state index in [2.05, 4.69) is 4.99 Å². The number of fused-ring (bicyclic) bond motifs is 1. The first-order valence-corrected chi connectivity index (χ1v) is 9.02. The van der Waals surface area contributed by atoms with Gasteiger partial charge in [0.05, 0.1) is 29.2 Å².